The molecule has 2 aromatic heterocycles. The van der Waals surface area contributed by atoms with Crippen LogP contribution in [-0.2, 0) is 23.2 Å². The van der Waals surface area contributed by atoms with Crippen molar-refractivity contribution in [3.63, 3.8) is 0 Å². The van der Waals surface area contributed by atoms with Crippen molar-refractivity contribution in [2.24, 2.45) is 7.05 Å². The van der Waals surface area contributed by atoms with Gasteiger partial charge in [-0.1, -0.05) is 0 Å². The SMILES string of the molecule is COc1ccc(-c2nc(COC(=O)/C=C/c3c(C)nn(C)c3C)cs2)cc1OC. The minimum atomic E-state index is -0.423. The minimum Gasteiger partial charge on any atom is -0.493 e. The summed E-state index contributed by atoms with van der Waals surface area (Å²) < 4.78 is 17.7. The van der Waals surface area contributed by atoms with Gasteiger partial charge in [0.2, 0.25) is 0 Å². The Hall–Kier alpha value is -3.13. The second-order valence-corrected chi connectivity index (χ2v) is 7.22. The van der Waals surface area contributed by atoms with Crippen LogP contribution in [0.5, 0.6) is 11.5 Å². The summed E-state index contributed by atoms with van der Waals surface area (Å²) in [7, 11) is 5.06. The second-order valence-electron chi connectivity index (χ2n) is 6.36. The molecule has 7 nitrogen and oxygen atoms in total. The summed E-state index contributed by atoms with van der Waals surface area (Å²) in [6.07, 6.45) is 3.15. The summed E-state index contributed by atoms with van der Waals surface area (Å²) in [5.41, 5.74) is 4.38. The van der Waals surface area contributed by atoms with Crippen molar-refractivity contribution < 1.29 is 19.0 Å². The molecule has 0 unspecified atom stereocenters. The van der Waals surface area contributed by atoms with E-state index in [0.717, 1.165) is 27.5 Å². The Morgan fingerprint density at radius 3 is 2.62 bits per heavy atom. The fraction of sp³-hybridized carbons (Fsp3) is 0.286. The van der Waals surface area contributed by atoms with Crippen molar-refractivity contribution in [1.82, 2.24) is 14.8 Å². The molecule has 0 atom stereocenters. The van der Waals surface area contributed by atoms with Gasteiger partial charge >= 0.3 is 5.97 Å². The van der Waals surface area contributed by atoms with Crippen molar-refractivity contribution in [1.29, 1.82) is 0 Å². The molecule has 0 aliphatic heterocycles. The summed E-state index contributed by atoms with van der Waals surface area (Å²) in [4.78, 5) is 16.6. The number of ether oxygens (including phenoxy) is 3. The molecule has 0 saturated heterocycles. The monoisotopic (exact) mass is 413 g/mol. The number of nitrogens with zero attached hydrogens (tertiary/aromatic N) is 3. The van der Waals surface area contributed by atoms with E-state index in [4.69, 9.17) is 14.2 Å². The van der Waals surface area contributed by atoms with Gasteiger partial charge in [-0.25, -0.2) is 9.78 Å². The largest absolute Gasteiger partial charge is 0.493 e. The van der Waals surface area contributed by atoms with E-state index in [0.29, 0.717) is 17.2 Å². The predicted molar refractivity (Wildman–Crippen MR) is 112 cm³/mol. The number of carbonyl (C=O) groups excluding carboxylic acids is 1. The highest BCUT2D eigenvalue weighted by atomic mass is 32.1. The van der Waals surface area contributed by atoms with E-state index in [1.54, 1.807) is 25.0 Å². The van der Waals surface area contributed by atoms with E-state index in [1.807, 2.05) is 44.5 Å². The van der Waals surface area contributed by atoms with E-state index in [2.05, 4.69) is 10.1 Å². The first kappa shape index (κ1) is 20.6. The van der Waals surface area contributed by atoms with Gasteiger partial charge in [-0.2, -0.15) is 5.10 Å². The van der Waals surface area contributed by atoms with Crippen LogP contribution in [0, 0.1) is 13.8 Å². The Morgan fingerprint density at radius 1 is 1.21 bits per heavy atom. The van der Waals surface area contributed by atoms with Gasteiger partial charge in [0.25, 0.3) is 0 Å². The number of rotatable bonds is 7. The molecule has 3 aromatic rings. The Kier molecular flexibility index (Phi) is 6.33. The first-order valence-electron chi connectivity index (χ1n) is 8.94. The highest BCUT2D eigenvalue weighted by Crippen LogP contribution is 2.33. The van der Waals surface area contributed by atoms with Crippen LogP contribution < -0.4 is 9.47 Å². The topological polar surface area (TPSA) is 75.5 Å². The van der Waals surface area contributed by atoms with Gasteiger partial charge in [-0.3, -0.25) is 4.68 Å². The molecular formula is C21H23N3O4S. The third-order valence-corrected chi connectivity index (χ3v) is 5.44. The highest BCUT2D eigenvalue weighted by molar-refractivity contribution is 7.13. The molecular weight excluding hydrogens is 390 g/mol. The molecule has 0 amide bonds. The lowest BCUT2D eigenvalue weighted by Crippen LogP contribution is -2.01. The quantitative estimate of drug-likeness (QED) is 0.431. The van der Waals surface area contributed by atoms with Crippen LogP contribution >= 0.6 is 11.3 Å². The fourth-order valence-corrected chi connectivity index (χ4v) is 3.65. The summed E-state index contributed by atoms with van der Waals surface area (Å²) in [6.45, 7) is 3.97. The van der Waals surface area contributed by atoms with Crippen LogP contribution in [0.1, 0.15) is 22.6 Å². The smallest absolute Gasteiger partial charge is 0.331 e. The van der Waals surface area contributed by atoms with Gasteiger partial charge < -0.3 is 14.2 Å². The number of aryl methyl sites for hydroxylation is 2. The summed E-state index contributed by atoms with van der Waals surface area (Å²) >= 11 is 1.48. The molecule has 2 heterocycles. The summed E-state index contributed by atoms with van der Waals surface area (Å²) in [6, 6.07) is 5.62. The van der Waals surface area contributed by atoms with Crippen molar-refractivity contribution in [3.8, 4) is 22.1 Å². The lowest BCUT2D eigenvalue weighted by Gasteiger charge is -2.08. The number of hydrogen-bond donors (Lipinski definition) is 0. The predicted octanol–water partition coefficient (Wildman–Crippen LogP) is 3.93. The Morgan fingerprint density at radius 2 is 1.97 bits per heavy atom. The van der Waals surface area contributed by atoms with Crippen LogP contribution in [-0.4, -0.2) is 35.0 Å². The van der Waals surface area contributed by atoms with E-state index in [-0.39, 0.29) is 6.61 Å². The van der Waals surface area contributed by atoms with Gasteiger partial charge in [0.05, 0.1) is 25.6 Å². The number of methoxy groups -OCH3 is 2. The van der Waals surface area contributed by atoms with Crippen LogP contribution in [0.15, 0.2) is 29.7 Å². The normalized spacial score (nSPS) is 11.1. The zero-order chi connectivity index (χ0) is 21.0. The van der Waals surface area contributed by atoms with Gasteiger partial charge in [-0.15, -0.1) is 11.3 Å². The molecule has 1 aromatic carbocycles. The van der Waals surface area contributed by atoms with Crippen molar-refractivity contribution in [3.05, 3.63) is 52.3 Å². The highest BCUT2D eigenvalue weighted by Gasteiger charge is 2.11. The lowest BCUT2D eigenvalue weighted by molar-refractivity contribution is -0.139. The molecule has 0 bridgehead atoms. The molecule has 0 saturated carbocycles. The Balaban J connectivity index is 1.63. The first-order valence-corrected chi connectivity index (χ1v) is 9.82. The summed E-state index contributed by atoms with van der Waals surface area (Å²) in [5.74, 6) is 0.875. The molecule has 152 valence electrons. The number of hydrogen-bond acceptors (Lipinski definition) is 7. The molecule has 0 N–H and O–H groups in total. The molecule has 0 fully saturated rings. The maximum absolute atomic E-state index is 12.1. The van der Waals surface area contributed by atoms with E-state index in [9.17, 15) is 4.79 Å². The number of benzene rings is 1. The maximum atomic E-state index is 12.1. The molecule has 8 heteroatoms. The van der Waals surface area contributed by atoms with Crippen LogP contribution in [0.25, 0.3) is 16.6 Å². The lowest BCUT2D eigenvalue weighted by atomic mass is 10.2. The minimum absolute atomic E-state index is 0.109. The van der Waals surface area contributed by atoms with Gasteiger partial charge in [0, 0.05) is 35.3 Å². The molecule has 0 aliphatic carbocycles. The van der Waals surface area contributed by atoms with Crippen molar-refractivity contribution >= 4 is 23.4 Å². The number of aromatic nitrogens is 3. The number of carbonyl (C=O) groups is 1. The maximum Gasteiger partial charge on any atom is 0.331 e. The second kappa shape index (κ2) is 8.91. The zero-order valence-corrected chi connectivity index (χ0v) is 17.9. The zero-order valence-electron chi connectivity index (χ0n) is 17.1. The first-order chi connectivity index (χ1) is 13.9. The van der Waals surface area contributed by atoms with Crippen molar-refractivity contribution in [2.75, 3.05) is 14.2 Å². The number of thiazole rings is 1. The van der Waals surface area contributed by atoms with Gasteiger partial charge in [0.15, 0.2) is 11.5 Å². The molecule has 0 aliphatic rings. The molecule has 29 heavy (non-hydrogen) atoms. The Labute approximate surface area is 173 Å². The van der Waals surface area contributed by atoms with Crippen LogP contribution in [0.3, 0.4) is 0 Å². The van der Waals surface area contributed by atoms with Crippen LogP contribution in [0.4, 0.5) is 0 Å². The van der Waals surface area contributed by atoms with Crippen molar-refractivity contribution in [2.45, 2.75) is 20.5 Å². The third-order valence-electron chi connectivity index (χ3n) is 4.50. The molecule has 0 spiro atoms. The van der Waals surface area contributed by atoms with E-state index in [1.165, 1.54) is 17.4 Å². The average Bonchev–Trinajstić information content (AvgIpc) is 3.29. The summed E-state index contributed by atoms with van der Waals surface area (Å²) in [5, 5.41) is 7.01. The van der Waals surface area contributed by atoms with Gasteiger partial charge in [-0.05, 0) is 38.1 Å². The van der Waals surface area contributed by atoms with E-state index < -0.39 is 5.97 Å². The van der Waals surface area contributed by atoms with Gasteiger partial charge in [0.1, 0.15) is 11.6 Å². The average molecular weight is 413 g/mol. The number of esters is 1. The third kappa shape index (κ3) is 4.65. The van der Waals surface area contributed by atoms with E-state index >= 15 is 0 Å². The molecule has 3 rings (SSSR count). The van der Waals surface area contributed by atoms with Crippen LogP contribution in [0.2, 0.25) is 0 Å². The Bertz CT molecular complexity index is 1050. The standard InChI is InChI=1S/C21H23N3O4S/c1-13-17(14(2)24(3)23-13)7-9-20(25)28-11-16-12-29-21(22-16)15-6-8-18(26-4)19(10-15)27-5/h6-10,12H,11H2,1-5H3/b9-7+. The molecule has 0 radical (unpaired) electrons. The fourth-order valence-electron chi connectivity index (χ4n) is 2.85.